The molecular formula is C29H22FN3O4. The van der Waals surface area contributed by atoms with Crippen molar-refractivity contribution in [2.75, 3.05) is 6.61 Å². The fourth-order valence-corrected chi connectivity index (χ4v) is 4.39. The van der Waals surface area contributed by atoms with Gasteiger partial charge in [0, 0.05) is 28.0 Å². The van der Waals surface area contributed by atoms with Crippen LogP contribution in [0.3, 0.4) is 0 Å². The maximum atomic E-state index is 13.4. The summed E-state index contributed by atoms with van der Waals surface area (Å²) in [6.45, 7) is 3.10. The van der Waals surface area contributed by atoms with Gasteiger partial charge < -0.3 is 9.30 Å². The van der Waals surface area contributed by atoms with Crippen LogP contribution in [0.1, 0.15) is 32.2 Å². The number of hydrogen-bond donors (Lipinski definition) is 0. The van der Waals surface area contributed by atoms with Gasteiger partial charge in [0.1, 0.15) is 5.82 Å². The Balaban J connectivity index is 1.44. The molecule has 0 unspecified atom stereocenters. The third kappa shape index (κ3) is 4.45. The van der Waals surface area contributed by atoms with Gasteiger partial charge in [-0.2, -0.15) is 9.78 Å². The van der Waals surface area contributed by atoms with Gasteiger partial charge in [-0.3, -0.25) is 9.59 Å². The van der Waals surface area contributed by atoms with E-state index in [1.165, 1.54) is 12.1 Å². The Morgan fingerprint density at radius 2 is 1.51 bits per heavy atom. The highest BCUT2D eigenvalue weighted by molar-refractivity contribution is 6.04. The van der Waals surface area contributed by atoms with Gasteiger partial charge in [-0.1, -0.05) is 36.4 Å². The van der Waals surface area contributed by atoms with Crippen LogP contribution in [0.4, 0.5) is 4.39 Å². The number of ketones is 1. The van der Waals surface area contributed by atoms with E-state index in [1.807, 2.05) is 17.6 Å². The van der Waals surface area contributed by atoms with Gasteiger partial charge in [0.05, 0.1) is 11.1 Å². The minimum absolute atomic E-state index is 0.0661. The standard InChI is InChI=1S/C29H22FN3O4/c1-18-16-25(19(2)32(18)21-14-12-20(30)13-15-21)26(34)17-37-29(36)27-23-10-6-7-11-24(23)28(35)33(31-27)22-8-4-3-5-9-22/h3-16H,17H2,1-2H3. The number of carbonyl (C=O) groups is 2. The van der Waals surface area contributed by atoms with E-state index in [1.54, 1.807) is 73.7 Å². The average Bonchev–Trinajstić information content (AvgIpc) is 3.22. The van der Waals surface area contributed by atoms with Crippen LogP contribution in [0.5, 0.6) is 0 Å². The lowest BCUT2D eigenvalue weighted by atomic mass is 10.1. The first-order valence-corrected chi connectivity index (χ1v) is 11.6. The highest BCUT2D eigenvalue weighted by Gasteiger charge is 2.22. The first-order chi connectivity index (χ1) is 17.8. The van der Waals surface area contributed by atoms with E-state index in [4.69, 9.17) is 4.74 Å². The van der Waals surface area contributed by atoms with E-state index < -0.39 is 18.4 Å². The predicted octanol–water partition coefficient (Wildman–Crippen LogP) is 4.97. The molecule has 7 nitrogen and oxygen atoms in total. The average molecular weight is 496 g/mol. The van der Waals surface area contributed by atoms with E-state index in [0.29, 0.717) is 33.4 Å². The number of halogens is 1. The summed E-state index contributed by atoms with van der Waals surface area (Å²) >= 11 is 0. The first kappa shape index (κ1) is 23.9. The number of nitrogens with zero attached hydrogens (tertiary/aromatic N) is 3. The molecule has 0 N–H and O–H groups in total. The van der Waals surface area contributed by atoms with Crippen molar-refractivity contribution in [3.63, 3.8) is 0 Å². The van der Waals surface area contributed by atoms with Crippen LogP contribution in [-0.2, 0) is 4.74 Å². The number of Topliss-reactive ketones (excluding diaryl/α,β-unsaturated/α-hetero) is 1. The third-order valence-corrected chi connectivity index (χ3v) is 6.15. The topological polar surface area (TPSA) is 83.2 Å². The molecule has 0 aliphatic rings. The summed E-state index contributed by atoms with van der Waals surface area (Å²) in [4.78, 5) is 39.2. The maximum Gasteiger partial charge on any atom is 0.359 e. The van der Waals surface area contributed by atoms with E-state index >= 15 is 0 Å². The first-order valence-electron chi connectivity index (χ1n) is 11.6. The van der Waals surface area contributed by atoms with Crippen LogP contribution in [0.2, 0.25) is 0 Å². The molecule has 0 spiro atoms. The molecule has 0 aliphatic heterocycles. The lowest BCUT2D eigenvalue weighted by molar-refractivity contribution is 0.0469. The molecule has 5 rings (SSSR count). The third-order valence-electron chi connectivity index (χ3n) is 6.15. The highest BCUT2D eigenvalue weighted by atomic mass is 19.1. The Bertz CT molecular complexity index is 1700. The lowest BCUT2D eigenvalue weighted by Crippen LogP contribution is -2.26. The van der Waals surface area contributed by atoms with E-state index in [0.717, 1.165) is 10.4 Å². The second kappa shape index (κ2) is 9.66. The second-order valence-electron chi connectivity index (χ2n) is 8.54. The van der Waals surface area contributed by atoms with E-state index in [-0.39, 0.29) is 17.1 Å². The number of hydrogen-bond acceptors (Lipinski definition) is 5. The number of aromatic nitrogens is 3. The molecule has 0 fully saturated rings. The molecule has 0 saturated carbocycles. The van der Waals surface area contributed by atoms with Crippen molar-refractivity contribution in [2.45, 2.75) is 13.8 Å². The monoisotopic (exact) mass is 495 g/mol. The Kier molecular flexibility index (Phi) is 6.23. The molecule has 0 radical (unpaired) electrons. The smallest absolute Gasteiger partial charge is 0.359 e. The zero-order chi connectivity index (χ0) is 26.1. The van der Waals surface area contributed by atoms with Crippen molar-refractivity contribution < 1.29 is 18.7 Å². The predicted molar refractivity (Wildman–Crippen MR) is 137 cm³/mol. The number of esters is 1. The van der Waals surface area contributed by atoms with Crippen molar-refractivity contribution in [3.8, 4) is 11.4 Å². The number of carbonyl (C=O) groups excluding carboxylic acids is 2. The summed E-state index contributed by atoms with van der Waals surface area (Å²) in [7, 11) is 0. The number of ether oxygens (including phenoxy) is 1. The van der Waals surface area contributed by atoms with Gasteiger partial charge in [-0.05, 0) is 62.4 Å². The minimum Gasteiger partial charge on any atom is -0.452 e. The SMILES string of the molecule is Cc1cc(C(=O)COC(=O)c2nn(-c3ccccc3)c(=O)c3ccccc23)c(C)n1-c1ccc(F)cc1. The number of rotatable bonds is 6. The van der Waals surface area contributed by atoms with Crippen LogP contribution in [-0.4, -0.2) is 32.7 Å². The zero-order valence-corrected chi connectivity index (χ0v) is 20.1. The molecule has 0 aliphatic carbocycles. The van der Waals surface area contributed by atoms with Gasteiger partial charge in [-0.25, -0.2) is 9.18 Å². The molecule has 5 aromatic rings. The number of fused-ring (bicyclic) bond motifs is 1. The molecule has 184 valence electrons. The molecule has 0 bridgehead atoms. The molecule has 2 aromatic heterocycles. The van der Waals surface area contributed by atoms with Gasteiger partial charge >= 0.3 is 5.97 Å². The Morgan fingerprint density at radius 3 is 2.22 bits per heavy atom. The van der Waals surface area contributed by atoms with Crippen LogP contribution >= 0.6 is 0 Å². The quantitative estimate of drug-likeness (QED) is 0.245. The molecular weight excluding hydrogens is 473 g/mol. The summed E-state index contributed by atoms with van der Waals surface area (Å²) in [5.74, 6) is -1.56. The zero-order valence-electron chi connectivity index (χ0n) is 20.1. The highest BCUT2D eigenvalue weighted by Crippen LogP contribution is 2.22. The summed E-state index contributed by atoms with van der Waals surface area (Å²) in [5, 5.41) is 4.93. The number of benzene rings is 3. The molecule has 3 aromatic carbocycles. The van der Waals surface area contributed by atoms with E-state index in [2.05, 4.69) is 5.10 Å². The van der Waals surface area contributed by atoms with Crippen LogP contribution in [0.25, 0.3) is 22.1 Å². The molecule has 0 saturated heterocycles. The van der Waals surface area contributed by atoms with Gasteiger partial charge in [0.25, 0.3) is 5.56 Å². The Morgan fingerprint density at radius 1 is 0.865 bits per heavy atom. The maximum absolute atomic E-state index is 13.4. The van der Waals surface area contributed by atoms with Gasteiger partial charge in [0.15, 0.2) is 12.3 Å². The van der Waals surface area contributed by atoms with Gasteiger partial charge in [-0.15, -0.1) is 0 Å². The summed E-state index contributed by atoms with van der Waals surface area (Å²) in [5.41, 5.74) is 2.59. The van der Waals surface area contributed by atoms with Crippen molar-refractivity contribution in [2.24, 2.45) is 0 Å². The van der Waals surface area contributed by atoms with Crippen LogP contribution in [0.15, 0.2) is 89.7 Å². The Hall–Kier alpha value is -4.85. The number of aryl methyl sites for hydroxylation is 1. The number of para-hydroxylation sites is 1. The summed E-state index contributed by atoms with van der Waals surface area (Å²) in [6, 6.07) is 23.0. The molecule has 0 atom stereocenters. The van der Waals surface area contributed by atoms with Crippen LogP contribution < -0.4 is 5.56 Å². The Labute approximate surface area is 211 Å². The molecule has 0 amide bonds. The summed E-state index contributed by atoms with van der Waals surface area (Å²) in [6.07, 6.45) is 0. The van der Waals surface area contributed by atoms with Crippen molar-refractivity contribution in [3.05, 3.63) is 124 Å². The minimum atomic E-state index is -0.818. The fraction of sp³-hybridized carbons (Fsp3) is 0.103. The van der Waals surface area contributed by atoms with Crippen LogP contribution in [0, 0.1) is 19.7 Å². The normalized spacial score (nSPS) is 11.0. The largest absolute Gasteiger partial charge is 0.452 e. The fourth-order valence-electron chi connectivity index (χ4n) is 4.39. The van der Waals surface area contributed by atoms with Crippen molar-refractivity contribution in [1.82, 2.24) is 14.3 Å². The van der Waals surface area contributed by atoms with Crippen molar-refractivity contribution in [1.29, 1.82) is 0 Å². The second-order valence-corrected chi connectivity index (χ2v) is 8.54. The molecule has 37 heavy (non-hydrogen) atoms. The van der Waals surface area contributed by atoms with Crippen molar-refractivity contribution >= 4 is 22.5 Å². The van der Waals surface area contributed by atoms with E-state index in [9.17, 15) is 18.8 Å². The summed E-state index contributed by atoms with van der Waals surface area (Å²) < 4.78 is 21.7. The molecule has 2 heterocycles. The molecule has 8 heteroatoms. The lowest BCUT2D eigenvalue weighted by Gasteiger charge is -2.11. The van der Waals surface area contributed by atoms with Gasteiger partial charge in [0.2, 0.25) is 5.78 Å².